The van der Waals surface area contributed by atoms with E-state index in [9.17, 15) is 4.79 Å². The molecule has 1 heterocycles. The minimum absolute atomic E-state index is 0.0738. The van der Waals surface area contributed by atoms with Crippen LogP contribution in [-0.2, 0) is 0 Å². The summed E-state index contributed by atoms with van der Waals surface area (Å²) in [6.45, 7) is 4.04. The van der Waals surface area contributed by atoms with E-state index in [1.807, 2.05) is 56.3 Å². The molecule has 0 fully saturated rings. The van der Waals surface area contributed by atoms with Crippen molar-refractivity contribution in [1.29, 1.82) is 0 Å². The Balaban J connectivity index is 1.81. The van der Waals surface area contributed by atoms with E-state index in [-0.39, 0.29) is 11.9 Å². The first kappa shape index (κ1) is 16.1. The Bertz CT molecular complexity index is 833. The molecule has 0 aliphatic carbocycles. The fraction of sp³-hybridized carbons (Fsp3) is 0.250. The molecule has 0 radical (unpaired) electrons. The van der Waals surface area contributed by atoms with Crippen molar-refractivity contribution in [1.82, 2.24) is 5.32 Å². The first-order chi connectivity index (χ1) is 11.6. The van der Waals surface area contributed by atoms with Gasteiger partial charge in [-0.1, -0.05) is 37.3 Å². The van der Waals surface area contributed by atoms with Crippen LogP contribution in [0, 0.1) is 6.92 Å². The number of para-hydroxylation sites is 1. The molecule has 0 saturated heterocycles. The molecule has 1 amide bonds. The first-order valence-electron chi connectivity index (χ1n) is 8.06. The Hall–Kier alpha value is -2.75. The minimum Gasteiger partial charge on any atom is -0.496 e. The smallest absolute Gasteiger partial charge is 0.287 e. The number of benzene rings is 2. The van der Waals surface area contributed by atoms with Crippen LogP contribution in [0.25, 0.3) is 11.0 Å². The van der Waals surface area contributed by atoms with Crippen molar-refractivity contribution in [3.8, 4) is 5.75 Å². The lowest BCUT2D eigenvalue weighted by molar-refractivity contribution is 0.0909. The van der Waals surface area contributed by atoms with Gasteiger partial charge in [-0.2, -0.15) is 0 Å². The molecule has 24 heavy (non-hydrogen) atoms. The normalized spacial score (nSPS) is 12.1. The summed E-state index contributed by atoms with van der Waals surface area (Å²) in [6, 6.07) is 15.3. The molecular formula is C20H21NO3. The van der Waals surface area contributed by atoms with E-state index in [4.69, 9.17) is 9.15 Å². The molecular weight excluding hydrogens is 302 g/mol. The van der Waals surface area contributed by atoms with Gasteiger partial charge in [0.2, 0.25) is 0 Å². The quantitative estimate of drug-likeness (QED) is 0.744. The Morgan fingerprint density at radius 3 is 2.67 bits per heavy atom. The van der Waals surface area contributed by atoms with Crippen LogP contribution in [-0.4, -0.2) is 13.0 Å². The van der Waals surface area contributed by atoms with Crippen LogP contribution in [0.2, 0.25) is 0 Å². The van der Waals surface area contributed by atoms with Gasteiger partial charge in [-0.05, 0) is 42.7 Å². The molecule has 4 nitrogen and oxygen atoms in total. The maximum atomic E-state index is 12.5. The summed E-state index contributed by atoms with van der Waals surface area (Å²) in [5, 5.41) is 3.98. The van der Waals surface area contributed by atoms with Gasteiger partial charge in [0.25, 0.3) is 5.91 Å². The number of hydrogen-bond donors (Lipinski definition) is 1. The van der Waals surface area contributed by atoms with Crippen LogP contribution in [0.3, 0.4) is 0 Å². The van der Waals surface area contributed by atoms with E-state index >= 15 is 0 Å². The lowest BCUT2D eigenvalue weighted by atomic mass is 10.0. The van der Waals surface area contributed by atoms with Crippen molar-refractivity contribution in [3.05, 3.63) is 65.4 Å². The highest BCUT2D eigenvalue weighted by Crippen LogP contribution is 2.25. The van der Waals surface area contributed by atoms with Crippen LogP contribution >= 0.6 is 0 Å². The van der Waals surface area contributed by atoms with Gasteiger partial charge in [-0.25, -0.2) is 0 Å². The van der Waals surface area contributed by atoms with E-state index in [2.05, 4.69) is 5.32 Å². The van der Waals surface area contributed by atoms with Gasteiger partial charge < -0.3 is 14.5 Å². The molecule has 0 aliphatic rings. The highest BCUT2D eigenvalue weighted by molar-refractivity contribution is 5.96. The molecule has 2 aromatic carbocycles. The standard InChI is InChI=1S/C20H21NO3/c1-4-16(14-9-10-17(23-3)13(2)11-14)21-20(22)19-12-15-7-5-6-8-18(15)24-19/h5-12,16H,4H2,1-3H3,(H,21,22). The molecule has 1 atom stereocenters. The number of hydrogen-bond acceptors (Lipinski definition) is 3. The van der Waals surface area contributed by atoms with Crippen molar-refractivity contribution in [2.24, 2.45) is 0 Å². The SMILES string of the molecule is CCC(NC(=O)c1cc2ccccc2o1)c1ccc(OC)c(C)c1. The van der Waals surface area contributed by atoms with Crippen LogP contribution in [0.5, 0.6) is 5.75 Å². The summed E-state index contributed by atoms with van der Waals surface area (Å²) in [4.78, 5) is 12.5. The molecule has 0 saturated carbocycles. The van der Waals surface area contributed by atoms with Crippen LogP contribution < -0.4 is 10.1 Å². The summed E-state index contributed by atoms with van der Waals surface area (Å²) in [6.07, 6.45) is 0.789. The minimum atomic E-state index is -0.202. The van der Waals surface area contributed by atoms with Crippen molar-refractivity contribution in [2.75, 3.05) is 7.11 Å². The van der Waals surface area contributed by atoms with Gasteiger partial charge in [0.15, 0.2) is 5.76 Å². The number of furan rings is 1. The van der Waals surface area contributed by atoms with Crippen LogP contribution in [0.4, 0.5) is 0 Å². The maximum absolute atomic E-state index is 12.5. The third kappa shape index (κ3) is 3.13. The maximum Gasteiger partial charge on any atom is 0.287 e. The zero-order valence-electron chi connectivity index (χ0n) is 14.1. The third-order valence-corrected chi connectivity index (χ3v) is 4.18. The van der Waals surface area contributed by atoms with E-state index in [1.54, 1.807) is 13.2 Å². The molecule has 1 unspecified atom stereocenters. The van der Waals surface area contributed by atoms with E-state index < -0.39 is 0 Å². The molecule has 124 valence electrons. The summed E-state index contributed by atoms with van der Waals surface area (Å²) in [5.74, 6) is 0.976. The topological polar surface area (TPSA) is 51.5 Å². The highest BCUT2D eigenvalue weighted by Gasteiger charge is 2.18. The Kier molecular flexibility index (Phi) is 4.56. The fourth-order valence-corrected chi connectivity index (χ4v) is 2.86. The number of aryl methyl sites for hydroxylation is 1. The number of carbonyl (C=O) groups excluding carboxylic acids is 1. The fourth-order valence-electron chi connectivity index (χ4n) is 2.86. The van der Waals surface area contributed by atoms with E-state index in [0.717, 1.165) is 34.3 Å². The lowest BCUT2D eigenvalue weighted by Crippen LogP contribution is -2.27. The number of amides is 1. The molecule has 3 rings (SSSR count). The molecule has 1 aromatic heterocycles. The van der Waals surface area contributed by atoms with Gasteiger partial charge >= 0.3 is 0 Å². The largest absolute Gasteiger partial charge is 0.496 e. The number of rotatable bonds is 5. The zero-order valence-corrected chi connectivity index (χ0v) is 14.1. The number of methoxy groups -OCH3 is 1. The van der Waals surface area contributed by atoms with Crippen LogP contribution in [0.15, 0.2) is 52.9 Å². The lowest BCUT2D eigenvalue weighted by Gasteiger charge is -2.18. The van der Waals surface area contributed by atoms with Crippen LogP contribution in [0.1, 0.15) is 41.1 Å². The zero-order chi connectivity index (χ0) is 17.1. The summed E-state index contributed by atoms with van der Waals surface area (Å²) in [5.41, 5.74) is 2.82. The Labute approximate surface area is 141 Å². The van der Waals surface area contributed by atoms with Gasteiger partial charge in [0.05, 0.1) is 13.2 Å². The molecule has 4 heteroatoms. The van der Waals surface area contributed by atoms with Gasteiger partial charge in [-0.3, -0.25) is 4.79 Å². The summed E-state index contributed by atoms with van der Waals surface area (Å²) in [7, 11) is 1.66. The first-order valence-corrected chi connectivity index (χ1v) is 8.06. The number of carbonyl (C=O) groups is 1. The molecule has 0 spiro atoms. The number of nitrogens with one attached hydrogen (secondary N) is 1. The molecule has 0 aliphatic heterocycles. The predicted octanol–water partition coefficient (Wildman–Crippen LogP) is 4.63. The third-order valence-electron chi connectivity index (χ3n) is 4.18. The van der Waals surface area contributed by atoms with Crippen molar-refractivity contribution in [3.63, 3.8) is 0 Å². The highest BCUT2D eigenvalue weighted by atomic mass is 16.5. The molecule has 3 aromatic rings. The summed E-state index contributed by atoms with van der Waals surface area (Å²) < 4.78 is 10.9. The van der Waals surface area contributed by atoms with Crippen molar-refractivity contribution >= 4 is 16.9 Å². The predicted molar refractivity (Wildman–Crippen MR) is 94.4 cm³/mol. The number of fused-ring (bicyclic) bond motifs is 1. The average Bonchev–Trinajstić information content (AvgIpc) is 3.03. The average molecular weight is 323 g/mol. The van der Waals surface area contributed by atoms with Crippen molar-refractivity contribution < 1.29 is 13.9 Å². The summed E-state index contributed by atoms with van der Waals surface area (Å²) >= 11 is 0. The monoisotopic (exact) mass is 323 g/mol. The van der Waals surface area contributed by atoms with E-state index in [1.165, 1.54) is 0 Å². The van der Waals surface area contributed by atoms with Crippen molar-refractivity contribution in [2.45, 2.75) is 26.3 Å². The van der Waals surface area contributed by atoms with Gasteiger partial charge in [0.1, 0.15) is 11.3 Å². The molecule has 0 bridgehead atoms. The van der Waals surface area contributed by atoms with Gasteiger partial charge in [0, 0.05) is 5.39 Å². The number of ether oxygens (including phenoxy) is 1. The van der Waals surface area contributed by atoms with Gasteiger partial charge in [-0.15, -0.1) is 0 Å². The van der Waals surface area contributed by atoms with E-state index in [0.29, 0.717) is 5.76 Å². The second kappa shape index (κ2) is 6.79. The Morgan fingerprint density at radius 2 is 2.00 bits per heavy atom. The Morgan fingerprint density at radius 1 is 1.21 bits per heavy atom. The molecule has 1 N–H and O–H groups in total. The second-order valence-corrected chi connectivity index (χ2v) is 5.81. The second-order valence-electron chi connectivity index (χ2n) is 5.81.